The summed E-state index contributed by atoms with van der Waals surface area (Å²) in [5.41, 5.74) is 2.04. The topological polar surface area (TPSA) is 82.8 Å². The van der Waals surface area contributed by atoms with Gasteiger partial charge in [-0.25, -0.2) is 13.2 Å². The van der Waals surface area contributed by atoms with E-state index < -0.39 is 27.3 Å². The Kier molecular flexibility index (Phi) is 6.37. The zero-order valence-electron chi connectivity index (χ0n) is 20.6. The Morgan fingerprint density at radius 3 is 2.34 bits per heavy atom. The van der Waals surface area contributed by atoms with Crippen molar-refractivity contribution in [2.24, 2.45) is 0 Å². The van der Waals surface area contributed by atoms with Crippen LogP contribution in [0.25, 0.3) is 32.9 Å². The van der Waals surface area contributed by atoms with Gasteiger partial charge in [0.05, 0.1) is 10.5 Å². The summed E-state index contributed by atoms with van der Waals surface area (Å²) < 4.78 is 44.5. The highest BCUT2D eigenvalue weighted by molar-refractivity contribution is 7.92. The minimum atomic E-state index is -3.75. The molecule has 0 unspecified atom stereocenters. The van der Waals surface area contributed by atoms with Gasteiger partial charge in [0, 0.05) is 5.39 Å². The van der Waals surface area contributed by atoms with Crippen molar-refractivity contribution in [2.75, 3.05) is 0 Å². The number of sulfone groups is 1. The van der Waals surface area contributed by atoms with Crippen molar-refractivity contribution in [2.45, 2.75) is 41.9 Å². The third-order valence-corrected chi connectivity index (χ3v) is 9.39. The average Bonchev–Trinajstić information content (AvgIpc) is 3.31. The highest BCUT2D eigenvalue weighted by Gasteiger charge is 2.39. The van der Waals surface area contributed by atoms with Crippen LogP contribution >= 0.6 is 0 Å². The summed E-state index contributed by atoms with van der Waals surface area (Å²) in [5.74, 6) is 0.0205. The summed E-state index contributed by atoms with van der Waals surface area (Å²) >= 11 is 0. The Hall–Kier alpha value is -4.10. The van der Waals surface area contributed by atoms with E-state index in [-0.39, 0.29) is 10.8 Å². The largest absolute Gasteiger partial charge is 0.516 e. The molecule has 0 spiro atoms. The highest BCUT2D eigenvalue weighted by atomic mass is 32.2. The van der Waals surface area contributed by atoms with Crippen LogP contribution in [0.3, 0.4) is 0 Å². The molecule has 0 aliphatic heterocycles. The maximum Gasteiger partial charge on any atom is 0.516 e. The third-order valence-electron chi connectivity index (χ3n) is 7.14. The molecule has 1 aliphatic carbocycles. The molecular weight excluding hydrogens is 500 g/mol. The van der Waals surface area contributed by atoms with E-state index in [1.165, 1.54) is 0 Å². The Morgan fingerprint density at radius 1 is 0.789 bits per heavy atom. The molecule has 0 saturated heterocycles. The van der Waals surface area contributed by atoms with Crippen LogP contribution in [0.4, 0.5) is 4.79 Å². The van der Waals surface area contributed by atoms with Gasteiger partial charge < -0.3 is 13.9 Å². The predicted octanol–water partition coefficient (Wildman–Crippen LogP) is 7.55. The number of para-hydroxylation sites is 1. The number of furan rings is 1. The Balaban J connectivity index is 1.27. The van der Waals surface area contributed by atoms with Crippen molar-refractivity contribution in [3.8, 4) is 17.1 Å². The van der Waals surface area contributed by atoms with Crippen LogP contribution in [-0.4, -0.2) is 25.9 Å². The molecule has 0 N–H and O–H groups in total. The van der Waals surface area contributed by atoms with Gasteiger partial charge in [-0.1, -0.05) is 85.3 Å². The zero-order chi connectivity index (χ0) is 26.1. The van der Waals surface area contributed by atoms with Crippen molar-refractivity contribution in [1.29, 1.82) is 0 Å². The van der Waals surface area contributed by atoms with Gasteiger partial charge in [-0.3, -0.25) is 0 Å². The summed E-state index contributed by atoms with van der Waals surface area (Å²) in [6.45, 7) is 0. The molecule has 0 bridgehead atoms. The van der Waals surface area contributed by atoms with Crippen LogP contribution in [0.1, 0.15) is 25.7 Å². The van der Waals surface area contributed by atoms with Gasteiger partial charge in [-0.05, 0) is 53.8 Å². The van der Waals surface area contributed by atoms with Gasteiger partial charge in [0.2, 0.25) is 0 Å². The number of ether oxygens (including phenoxy) is 2. The van der Waals surface area contributed by atoms with Crippen LogP contribution in [0.2, 0.25) is 0 Å². The molecule has 2 atom stereocenters. The maximum atomic E-state index is 13.7. The second kappa shape index (κ2) is 9.99. The Labute approximate surface area is 220 Å². The lowest BCUT2D eigenvalue weighted by Gasteiger charge is -2.30. The summed E-state index contributed by atoms with van der Waals surface area (Å²) in [6, 6.07) is 29.7. The number of hydrogen-bond donors (Lipinski definition) is 0. The number of fused-ring (bicyclic) bond motifs is 2. The van der Waals surface area contributed by atoms with E-state index in [0.29, 0.717) is 24.0 Å². The quantitative estimate of drug-likeness (QED) is 0.220. The van der Waals surface area contributed by atoms with Crippen molar-refractivity contribution < 1.29 is 27.1 Å². The molecule has 1 fully saturated rings. The lowest BCUT2D eigenvalue weighted by molar-refractivity contribution is 0.0387. The van der Waals surface area contributed by atoms with Crippen LogP contribution in [0.15, 0.2) is 106 Å². The summed E-state index contributed by atoms with van der Waals surface area (Å²) in [6.07, 6.45) is 0.560. The highest BCUT2D eigenvalue weighted by Crippen LogP contribution is 2.40. The van der Waals surface area contributed by atoms with E-state index in [1.807, 2.05) is 78.9 Å². The fraction of sp³-hybridized carbons (Fsp3) is 0.194. The average molecular weight is 527 g/mol. The molecule has 4 aromatic carbocycles. The first kappa shape index (κ1) is 24.2. The van der Waals surface area contributed by atoms with Gasteiger partial charge >= 0.3 is 12.1 Å². The number of benzene rings is 4. The van der Waals surface area contributed by atoms with Crippen LogP contribution in [0.5, 0.6) is 5.95 Å². The minimum absolute atomic E-state index is 0.0205. The maximum absolute atomic E-state index is 13.7. The molecule has 1 saturated carbocycles. The molecule has 0 amide bonds. The molecule has 1 heterocycles. The molecule has 6 nitrogen and oxygen atoms in total. The summed E-state index contributed by atoms with van der Waals surface area (Å²) in [5, 5.41) is 1.76. The molecule has 5 aromatic rings. The van der Waals surface area contributed by atoms with Crippen molar-refractivity contribution in [1.82, 2.24) is 0 Å². The third kappa shape index (κ3) is 4.54. The Morgan fingerprint density at radius 2 is 1.50 bits per heavy atom. The minimum Gasteiger partial charge on any atom is -0.429 e. The second-order valence-corrected chi connectivity index (χ2v) is 11.7. The SMILES string of the molecule is O=C(Oc1oc2ccccc2c1-c1ccccc1)O[C@@H]1CCCC[C@H]1S(=O)(=O)c1ccc2ccccc2c1. The number of carbonyl (C=O) groups excluding carboxylic acids is 1. The molecule has 38 heavy (non-hydrogen) atoms. The molecule has 1 aromatic heterocycles. The smallest absolute Gasteiger partial charge is 0.429 e. The van der Waals surface area contributed by atoms with Gasteiger partial charge in [0.1, 0.15) is 16.9 Å². The first-order valence-corrected chi connectivity index (χ1v) is 14.2. The summed E-state index contributed by atoms with van der Waals surface area (Å²) in [4.78, 5) is 13.3. The normalized spacial score (nSPS) is 17.9. The number of carbonyl (C=O) groups is 1. The fourth-order valence-corrected chi connectivity index (χ4v) is 7.23. The van der Waals surface area contributed by atoms with Gasteiger partial charge in [0.15, 0.2) is 9.84 Å². The standard InChI is InChI=1S/C31H26O6S/c32-31(37-30-29(22-11-2-1-3-12-22)25-14-6-7-15-26(25)35-30)36-27-16-8-9-17-28(27)38(33,34)24-19-18-21-10-4-5-13-23(21)20-24/h1-7,10-15,18-20,27-28H,8-9,16-17H2/t27-,28-/m1/s1. The monoisotopic (exact) mass is 526 g/mol. The number of rotatable bonds is 5. The van der Waals surface area contributed by atoms with E-state index in [1.54, 1.807) is 18.2 Å². The zero-order valence-corrected chi connectivity index (χ0v) is 21.4. The van der Waals surface area contributed by atoms with Crippen molar-refractivity contribution in [3.63, 3.8) is 0 Å². The molecule has 1 aliphatic rings. The van der Waals surface area contributed by atoms with E-state index in [4.69, 9.17) is 13.9 Å². The molecule has 0 radical (unpaired) electrons. The van der Waals surface area contributed by atoms with E-state index in [2.05, 4.69) is 0 Å². The van der Waals surface area contributed by atoms with Gasteiger partial charge in [-0.15, -0.1) is 0 Å². The van der Waals surface area contributed by atoms with E-state index in [0.717, 1.165) is 34.6 Å². The first-order valence-electron chi connectivity index (χ1n) is 12.7. The lowest BCUT2D eigenvalue weighted by Crippen LogP contribution is -2.40. The van der Waals surface area contributed by atoms with Crippen molar-refractivity contribution >= 4 is 37.7 Å². The second-order valence-electron chi connectivity index (χ2n) is 9.51. The van der Waals surface area contributed by atoms with Crippen LogP contribution < -0.4 is 4.74 Å². The number of hydrogen-bond acceptors (Lipinski definition) is 6. The molecule has 7 heteroatoms. The van der Waals surface area contributed by atoms with E-state index >= 15 is 0 Å². The molecular formula is C31H26O6S. The Bertz CT molecular complexity index is 1720. The van der Waals surface area contributed by atoms with Gasteiger partial charge in [-0.2, -0.15) is 0 Å². The fourth-order valence-electron chi connectivity index (χ4n) is 5.27. The summed E-state index contributed by atoms with van der Waals surface area (Å²) in [7, 11) is -3.75. The molecule has 6 rings (SSSR count). The lowest BCUT2D eigenvalue weighted by atomic mass is 9.97. The first-order chi connectivity index (χ1) is 18.5. The van der Waals surface area contributed by atoms with Crippen LogP contribution in [-0.2, 0) is 14.6 Å². The van der Waals surface area contributed by atoms with Crippen LogP contribution in [0, 0.1) is 0 Å². The van der Waals surface area contributed by atoms with Crippen molar-refractivity contribution in [3.05, 3.63) is 97.1 Å². The van der Waals surface area contributed by atoms with Gasteiger partial charge in [0.25, 0.3) is 0 Å². The predicted molar refractivity (Wildman–Crippen MR) is 146 cm³/mol. The molecule has 192 valence electrons. The van der Waals surface area contributed by atoms with E-state index in [9.17, 15) is 13.2 Å².